The first-order valence-electron chi connectivity index (χ1n) is 8.05. The Hall–Kier alpha value is -0.120. The number of piperidine rings is 1. The highest BCUT2D eigenvalue weighted by Gasteiger charge is 2.16. The van der Waals surface area contributed by atoms with E-state index in [0.29, 0.717) is 0 Å². The van der Waals surface area contributed by atoms with Crippen molar-refractivity contribution in [2.75, 3.05) is 53.4 Å². The Kier molecular flexibility index (Phi) is 7.96. The SMILES string of the molecule is CC1CCN(C)CC1.CC1CN(C)C1.CC1CNC1. The molecule has 0 atom stereocenters. The maximum Gasteiger partial charge on any atom is 0.00163 e. The van der Waals surface area contributed by atoms with Crippen LogP contribution in [0.5, 0.6) is 0 Å². The fraction of sp³-hybridized carbons (Fsp3) is 1.00. The predicted molar refractivity (Wildman–Crippen MR) is 84.6 cm³/mol. The summed E-state index contributed by atoms with van der Waals surface area (Å²) in [4.78, 5) is 4.73. The first-order chi connectivity index (χ1) is 8.97. The van der Waals surface area contributed by atoms with Crippen LogP contribution in [0.15, 0.2) is 0 Å². The molecule has 19 heavy (non-hydrogen) atoms. The molecule has 3 aliphatic rings. The molecule has 3 rings (SSSR count). The molecule has 0 amide bonds. The summed E-state index contributed by atoms with van der Waals surface area (Å²) in [5, 5.41) is 3.16. The molecule has 3 heterocycles. The molecule has 3 nitrogen and oxygen atoms in total. The minimum absolute atomic E-state index is 0.954. The van der Waals surface area contributed by atoms with Crippen LogP contribution < -0.4 is 5.32 Å². The first-order valence-corrected chi connectivity index (χ1v) is 8.05. The fourth-order valence-electron chi connectivity index (χ4n) is 2.58. The van der Waals surface area contributed by atoms with Crippen molar-refractivity contribution in [3.05, 3.63) is 0 Å². The molecular weight excluding hydrogens is 234 g/mol. The molecule has 0 saturated carbocycles. The summed E-state index contributed by atoms with van der Waals surface area (Å²) in [6.45, 7) is 14.6. The summed E-state index contributed by atoms with van der Waals surface area (Å²) in [7, 11) is 4.35. The minimum atomic E-state index is 0.954. The third-order valence-electron chi connectivity index (χ3n) is 4.24. The average molecular weight is 269 g/mol. The van der Waals surface area contributed by atoms with Crippen LogP contribution in [-0.2, 0) is 0 Å². The Morgan fingerprint density at radius 3 is 1.37 bits per heavy atom. The molecule has 0 spiro atoms. The van der Waals surface area contributed by atoms with Crippen LogP contribution in [0.1, 0.15) is 33.6 Å². The molecule has 0 bridgehead atoms. The molecule has 0 aromatic rings. The van der Waals surface area contributed by atoms with Gasteiger partial charge in [0.2, 0.25) is 0 Å². The quantitative estimate of drug-likeness (QED) is 0.727. The third-order valence-corrected chi connectivity index (χ3v) is 4.24. The summed E-state index contributed by atoms with van der Waals surface area (Å²) in [5.74, 6) is 2.90. The van der Waals surface area contributed by atoms with E-state index in [1.807, 2.05) is 0 Å². The van der Waals surface area contributed by atoms with Gasteiger partial charge in [-0.2, -0.15) is 0 Å². The van der Waals surface area contributed by atoms with E-state index in [9.17, 15) is 0 Å². The summed E-state index contributed by atoms with van der Waals surface area (Å²) in [6, 6.07) is 0. The highest BCUT2D eigenvalue weighted by molar-refractivity contribution is 4.71. The second-order valence-corrected chi connectivity index (χ2v) is 7.08. The van der Waals surface area contributed by atoms with E-state index in [1.54, 1.807) is 0 Å². The zero-order valence-corrected chi connectivity index (χ0v) is 13.8. The van der Waals surface area contributed by atoms with E-state index in [4.69, 9.17) is 0 Å². The van der Waals surface area contributed by atoms with Crippen LogP contribution >= 0.6 is 0 Å². The van der Waals surface area contributed by atoms with Gasteiger partial charge in [0, 0.05) is 13.1 Å². The lowest BCUT2D eigenvalue weighted by molar-refractivity contribution is 0.149. The highest BCUT2D eigenvalue weighted by atomic mass is 15.2. The first kappa shape index (κ1) is 16.9. The Labute approximate surface area is 120 Å². The summed E-state index contributed by atoms with van der Waals surface area (Å²) in [6.07, 6.45) is 2.80. The van der Waals surface area contributed by atoms with Gasteiger partial charge < -0.3 is 15.1 Å². The van der Waals surface area contributed by atoms with Crippen LogP contribution in [0.3, 0.4) is 0 Å². The molecule has 3 saturated heterocycles. The molecule has 0 aliphatic carbocycles. The van der Waals surface area contributed by atoms with Crippen molar-refractivity contribution < 1.29 is 0 Å². The monoisotopic (exact) mass is 269 g/mol. The molecule has 3 heteroatoms. The Morgan fingerprint density at radius 2 is 1.21 bits per heavy atom. The molecule has 0 aromatic heterocycles. The largest absolute Gasteiger partial charge is 0.316 e. The minimum Gasteiger partial charge on any atom is -0.316 e. The van der Waals surface area contributed by atoms with Crippen LogP contribution in [0.25, 0.3) is 0 Å². The van der Waals surface area contributed by atoms with Crippen molar-refractivity contribution in [3.63, 3.8) is 0 Å². The van der Waals surface area contributed by atoms with Gasteiger partial charge in [0.15, 0.2) is 0 Å². The predicted octanol–water partition coefficient (Wildman–Crippen LogP) is 2.14. The third kappa shape index (κ3) is 7.91. The number of rotatable bonds is 0. The lowest BCUT2D eigenvalue weighted by Gasteiger charge is -2.33. The zero-order chi connectivity index (χ0) is 14.3. The second kappa shape index (κ2) is 8.93. The topological polar surface area (TPSA) is 18.5 Å². The van der Waals surface area contributed by atoms with E-state index in [-0.39, 0.29) is 0 Å². The zero-order valence-electron chi connectivity index (χ0n) is 13.8. The average Bonchev–Trinajstić information content (AvgIpc) is 2.31. The van der Waals surface area contributed by atoms with Gasteiger partial charge >= 0.3 is 0 Å². The van der Waals surface area contributed by atoms with Crippen molar-refractivity contribution in [2.45, 2.75) is 33.6 Å². The van der Waals surface area contributed by atoms with Crippen LogP contribution in [0.4, 0.5) is 0 Å². The standard InChI is InChI=1S/C7H15N.C5H11N.C4H9N/c1-7-3-5-8(2)6-4-7;1-5-3-6(2)4-5;1-4-2-5-3-4/h7H,3-6H2,1-2H3;5H,3-4H2,1-2H3;4-5H,2-3H2,1H3. The lowest BCUT2D eigenvalue weighted by Crippen LogP contribution is -2.41. The van der Waals surface area contributed by atoms with E-state index < -0.39 is 0 Å². The smallest absolute Gasteiger partial charge is 0.00163 e. The van der Waals surface area contributed by atoms with Crippen molar-refractivity contribution >= 4 is 0 Å². The van der Waals surface area contributed by atoms with Gasteiger partial charge in [0.25, 0.3) is 0 Å². The normalized spacial score (nSPS) is 26.4. The molecule has 1 N–H and O–H groups in total. The molecule has 0 unspecified atom stereocenters. The van der Waals surface area contributed by atoms with Crippen molar-refractivity contribution in [1.29, 1.82) is 0 Å². The van der Waals surface area contributed by atoms with Crippen LogP contribution in [0.2, 0.25) is 0 Å². The number of likely N-dealkylation sites (tertiary alicyclic amines) is 2. The second-order valence-electron chi connectivity index (χ2n) is 7.08. The van der Waals surface area contributed by atoms with Gasteiger partial charge in [-0.15, -0.1) is 0 Å². The van der Waals surface area contributed by atoms with Crippen LogP contribution in [-0.4, -0.2) is 63.2 Å². The van der Waals surface area contributed by atoms with Gasteiger partial charge in [-0.05, 0) is 70.9 Å². The van der Waals surface area contributed by atoms with Gasteiger partial charge in [0.05, 0.1) is 0 Å². The Morgan fingerprint density at radius 1 is 0.737 bits per heavy atom. The summed E-state index contributed by atoms with van der Waals surface area (Å²) >= 11 is 0. The molecule has 3 fully saturated rings. The molecule has 0 aromatic carbocycles. The molecule has 0 radical (unpaired) electrons. The maximum atomic E-state index is 3.16. The number of nitrogens with zero attached hydrogens (tertiary/aromatic N) is 2. The number of nitrogens with one attached hydrogen (secondary N) is 1. The van der Waals surface area contributed by atoms with Crippen molar-refractivity contribution in [3.8, 4) is 0 Å². The van der Waals surface area contributed by atoms with E-state index >= 15 is 0 Å². The molecule has 3 aliphatic heterocycles. The Bertz CT molecular complexity index is 198. The van der Waals surface area contributed by atoms with Crippen molar-refractivity contribution in [2.24, 2.45) is 17.8 Å². The van der Waals surface area contributed by atoms with E-state index in [0.717, 1.165) is 17.8 Å². The summed E-state index contributed by atoms with van der Waals surface area (Å²) < 4.78 is 0. The Balaban J connectivity index is 0.000000147. The highest BCUT2D eigenvalue weighted by Crippen LogP contribution is 2.13. The number of hydrogen-bond donors (Lipinski definition) is 1. The number of hydrogen-bond acceptors (Lipinski definition) is 3. The van der Waals surface area contributed by atoms with E-state index in [1.165, 1.54) is 52.1 Å². The van der Waals surface area contributed by atoms with Crippen molar-refractivity contribution in [1.82, 2.24) is 15.1 Å². The fourth-order valence-corrected chi connectivity index (χ4v) is 2.58. The van der Waals surface area contributed by atoms with E-state index in [2.05, 4.69) is 50.0 Å². The lowest BCUT2D eigenvalue weighted by atomic mass is 10.00. The summed E-state index contributed by atoms with van der Waals surface area (Å²) in [5.41, 5.74) is 0. The van der Waals surface area contributed by atoms with Gasteiger partial charge in [-0.3, -0.25) is 0 Å². The molecule has 114 valence electrons. The molecular formula is C16H35N3. The van der Waals surface area contributed by atoms with Gasteiger partial charge in [0.1, 0.15) is 0 Å². The van der Waals surface area contributed by atoms with Crippen LogP contribution in [0, 0.1) is 17.8 Å². The van der Waals surface area contributed by atoms with Gasteiger partial charge in [-0.1, -0.05) is 20.8 Å². The van der Waals surface area contributed by atoms with Gasteiger partial charge in [-0.25, -0.2) is 0 Å². The maximum absolute atomic E-state index is 3.16.